The number of carbonyl (C=O) groups excluding carboxylic acids is 3. The van der Waals surface area contributed by atoms with E-state index in [0.29, 0.717) is 5.56 Å². The molecule has 2 unspecified atom stereocenters. The van der Waals surface area contributed by atoms with Crippen molar-refractivity contribution in [1.29, 1.82) is 0 Å². The number of nitrogens with zero attached hydrogens (tertiary/aromatic N) is 1. The van der Waals surface area contributed by atoms with E-state index in [-0.39, 0.29) is 6.54 Å². The van der Waals surface area contributed by atoms with Crippen LogP contribution in [0.5, 0.6) is 0 Å². The number of nitrogens with one attached hydrogen (secondary N) is 2. The molecule has 0 aliphatic heterocycles. The highest BCUT2D eigenvalue weighted by Gasteiger charge is 2.35. The average Bonchev–Trinajstić information content (AvgIpc) is 2.83. The molecule has 8 heteroatoms. The molecule has 2 aromatic rings. The van der Waals surface area contributed by atoms with Crippen LogP contribution in [0.4, 0.5) is 4.79 Å². The maximum atomic E-state index is 13.3. The highest BCUT2D eigenvalue weighted by molar-refractivity contribution is 5.93. The van der Waals surface area contributed by atoms with Crippen molar-refractivity contribution in [3.63, 3.8) is 0 Å². The lowest BCUT2D eigenvalue weighted by Crippen LogP contribution is -2.53. The normalized spacial score (nSPS) is 12.6. The summed E-state index contributed by atoms with van der Waals surface area (Å²) in [5, 5.41) is 15.0. The molecule has 0 aromatic heterocycles. The number of amides is 3. The fourth-order valence-electron chi connectivity index (χ4n) is 3.30. The van der Waals surface area contributed by atoms with Gasteiger partial charge in [0.25, 0.3) is 5.91 Å². The molecule has 3 N–H and O–H groups in total. The third kappa shape index (κ3) is 8.16. The SMILES string of the molecule is C#CN(C(=O)C(CO)NC(=O)OC(C)(C)C)C(C(=O)NCc1ccccc1)c1ccc(CC)cc1. The third-order valence-corrected chi connectivity index (χ3v) is 5.07. The zero-order valence-electron chi connectivity index (χ0n) is 20.6. The predicted molar refractivity (Wildman–Crippen MR) is 133 cm³/mol. The summed E-state index contributed by atoms with van der Waals surface area (Å²) >= 11 is 0. The summed E-state index contributed by atoms with van der Waals surface area (Å²) in [7, 11) is 0. The summed E-state index contributed by atoms with van der Waals surface area (Å²) in [4.78, 5) is 39.7. The second kappa shape index (κ2) is 12.6. The second-order valence-corrected chi connectivity index (χ2v) is 8.92. The quantitative estimate of drug-likeness (QED) is 0.379. The number of benzene rings is 2. The zero-order chi connectivity index (χ0) is 26.0. The molecule has 2 atom stereocenters. The van der Waals surface area contributed by atoms with Crippen molar-refractivity contribution >= 4 is 17.9 Å². The first-order valence-electron chi connectivity index (χ1n) is 11.4. The summed E-state index contributed by atoms with van der Waals surface area (Å²) in [6.45, 7) is 6.51. The summed E-state index contributed by atoms with van der Waals surface area (Å²) in [6, 6.07) is 16.2. The summed E-state index contributed by atoms with van der Waals surface area (Å²) in [5.41, 5.74) is 1.61. The van der Waals surface area contributed by atoms with Crippen LogP contribution in [0, 0.1) is 12.5 Å². The van der Waals surface area contributed by atoms with Gasteiger partial charge in [-0.1, -0.05) is 67.9 Å². The maximum Gasteiger partial charge on any atom is 0.408 e. The third-order valence-electron chi connectivity index (χ3n) is 5.07. The Morgan fingerprint density at radius 2 is 1.69 bits per heavy atom. The molecule has 2 rings (SSSR count). The van der Waals surface area contributed by atoms with Crippen LogP contribution in [0.25, 0.3) is 0 Å². The molecule has 0 aliphatic rings. The molecule has 35 heavy (non-hydrogen) atoms. The number of hydrogen-bond donors (Lipinski definition) is 3. The molecule has 0 fully saturated rings. The van der Waals surface area contributed by atoms with Crippen LogP contribution in [-0.4, -0.2) is 46.2 Å². The van der Waals surface area contributed by atoms with Crippen molar-refractivity contribution in [3.8, 4) is 12.5 Å². The molecule has 3 amide bonds. The fraction of sp³-hybridized carbons (Fsp3) is 0.370. The minimum absolute atomic E-state index is 0.232. The van der Waals surface area contributed by atoms with E-state index in [0.717, 1.165) is 22.4 Å². The van der Waals surface area contributed by atoms with E-state index in [1.807, 2.05) is 49.4 Å². The van der Waals surface area contributed by atoms with Gasteiger partial charge in [0.05, 0.1) is 6.61 Å². The van der Waals surface area contributed by atoms with E-state index in [4.69, 9.17) is 11.2 Å². The molecule has 0 bridgehead atoms. The van der Waals surface area contributed by atoms with E-state index in [9.17, 15) is 19.5 Å². The number of aliphatic hydroxyl groups excluding tert-OH is 1. The van der Waals surface area contributed by atoms with Gasteiger partial charge in [-0.2, -0.15) is 0 Å². The van der Waals surface area contributed by atoms with Gasteiger partial charge >= 0.3 is 6.09 Å². The molecule has 0 spiro atoms. The Labute approximate surface area is 206 Å². The van der Waals surface area contributed by atoms with Crippen LogP contribution in [0.2, 0.25) is 0 Å². The molecule has 0 heterocycles. The lowest BCUT2D eigenvalue weighted by Gasteiger charge is -2.30. The molecule has 186 valence electrons. The Morgan fingerprint density at radius 1 is 1.06 bits per heavy atom. The number of aliphatic hydroxyl groups is 1. The van der Waals surface area contributed by atoms with Crippen LogP contribution in [0.15, 0.2) is 54.6 Å². The molecule has 2 aromatic carbocycles. The topological polar surface area (TPSA) is 108 Å². The number of hydrogen-bond acceptors (Lipinski definition) is 5. The van der Waals surface area contributed by atoms with Gasteiger partial charge < -0.3 is 20.5 Å². The highest BCUT2D eigenvalue weighted by atomic mass is 16.6. The van der Waals surface area contributed by atoms with Gasteiger partial charge in [-0.3, -0.25) is 14.5 Å². The van der Waals surface area contributed by atoms with E-state index in [1.165, 1.54) is 0 Å². The van der Waals surface area contributed by atoms with E-state index in [2.05, 4.69) is 16.7 Å². The Hall–Kier alpha value is -3.83. The smallest absolute Gasteiger partial charge is 0.408 e. The van der Waals surface area contributed by atoms with Crippen molar-refractivity contribution in [2.45, 2.75) is 58.3 Å². The standard InChI is InChI=1S/C27H33N3O5/c1-6-19-13-15-21(16-14-19)23(24(32)28-17-20-11-9-8-10-12-20)30(7-2)25(33)22(18-31)29-26(34)35-27(3,4)5/h2,8-16,22-23,31H,6,17-18H2,1,3-5H3,(H,28,32)(H,29,34). The summed E-state index contributed by atoms with van der Waals surface area (Å²) in [6.07, 6.45) is 5.60. The number of alkyl carbamates (subject to hydrolysis) is 1. The van der Waals surface area contributed by atoms with E-state index < -0.39 is 42.2 Å². The van der Waals surface area contributed by atoms with Crippen LogP contribution in [0.3, 0.4) is 0 Å². The van der Waals surface area contributed by atoms with Gasteiger partial charge in [-0.25, -0.2) is 4.79 Å². The van der Waals surface area contributed by atoms with Gasteiger partial charge in [-0.05, 0) is 43.9 Å². The number of carbonyl (C=O) groups is 3. The monoisotopic (exact) mass is 479 g/mol. The molecular weight excluding hydrogens is 446 g/mol. The van der Waals surface area contributed by atoms with Gasteiger partial charge in [0, 0.05) is 12.6 Å². The number of aryl methyl sites for hydroxylation is 1. The van der Waals surface area contributed by atoms with Crippen molar-refractivity contribution in [3.05, 3.63) is 71.3 Å². The number of rotatable bonds is 9. The van der Waals surface area contributed by atoms with E-state index in [1.54, 1.807) is 32.9 Å². The predicted octanol–water partition coefficient (Wildman–Crippen LogP) is 2.91. The Morgan fingerprint density at radius 3 is 2.20 bits per heavy atom. The van der Waals surface area contributed by atoms with Crippen LogP contribution in [-0.2, 0) is 27.3 Å². The highest BCUT2D eigenvalue weighted by Crippen LogP contribution is 2.23. The van der Waals surface area contributed by atoms with Crippen LogP contribution < -0.4 is 10.6 Å². The van der Waals surface area contributed by atoms with E-state index >= 15 is 0 Å². The number of terminal acetylenes is 1. The van der Waals surface area contributed by atoms with Gasteiger partial charge in [0.2, 0.25) is 5.91 Å². The van der Waals surface area contributed by atoms with Crippen LogP contribution >= 0.6 is 0 Å². The summed E-state index contributed by atoms with van der Waals surface area (Å²) < 4.78 is 5.18. The Kier molecular flexibility index (Phi) is 9.86. The first-order valence-corrected chi connectivity index (χ1v) is 11.4. The van der Waals surface area contributed by atoms with Gasteiger partial charge in [0.1, 0.15) is 17.7 Å². The van der Waals surface area contributed by atoms with Crippen molar-refractivity contribution in [2.24, 2.45) is 0 Å². The molecule has 0 saturated heterocycles. The van der Waals surface area contributed by atoms with Crippen LogP contribution in [0.1, 0.15) is 50.4 Å². The molecule has 0 saturated carbocycles. The maximum absolute atomic E-state index is 13.3. The van der Waals surface area contributed by atoms with Crippen molar-refractivity contribution in [2.75, 3.05) is 6.61 Å². The fourth-order valence-corrected chi connectivity index (χ4v) is 3.30. The Bertz CT molecular complexity index is 1040. The molecular formula is C27H33N3O5. The molecule has 0 radical (unpaired) electrons. The first kappa shape index (κ1) is 27.4. The lowest BCUT2D eigenvalue weighted by molar-refractivity contribution is -0.139. The van der Waals surface area contributed by atoms with Gasteiger partial charge in [-0.15, -0.1) is 0 Å². The summed E-state index contributed by atoms with van der Waals surface area (Å²) in [5.74, 6) is -1.32. The first-order chi connectivity index (χ1) is 16.6. The average molecular weight is 480 g/mol. The van der Waals surface area contributed by atoms with Crippen molar-refractivity contribution in [1.82, 2.24) is 15.5 Å². The minimum Gasteiger partial charge on any atom is -0.444 e. The lowest BCUT2D eigenvalue weighted by atomic mass is 10.0. The molecule has 8 nitrogen and oxygen atoms in total. The van der Waals surface area contributed by atoms with Crippen molar-refractivity contribution < 1.29 is 24.2 Å². The largest absolute Gasteiger partial charge is 0.444 e. The Balaban J connectivity index is 2.33. The zero-order valence-corrected chi connectivity index (χ0v) is 20.6. The number of ether oxygens (including phenoxy) is 1. The minimum atomic E-state index is -1.40. The molecule has 0 aliphatic carbocycles. The van der Waals surface area contributed by atoms with Gasteiger partial charge in [0.15, 0.2) is 0 Å². The second-order valence-electron chi connectivity index (χ2n) is 8.92.